The largest absolute Gasteiger partial charge is 0.340 e. The molecule has 3 heterocycles. The summed E-state index contributed by atoms with van der Waals surface area (Å²) in [5.41, 5.74) is 9.42. The number of aromatic nitrogens is 3. The quantitative estimate of drug-likeness (QED) is 0.508. The number of alkyl halides is 1. The van der Waals surface area contributed by atoms with Gasteiger partial charge in [-0.25, -0.2) is 18.7 Å². The normalized spacial score (nSPS) is 19.3. The first-order chi connectivity index (χ1) is 15.0. The molecule has 0 bridgehead atoms. The topological polar surface area (TPSA) is 60.0 Å². The second-order valence-electron chi connectivity index (χ2n) is 7.94. The molecule has 1 aliphatic heterocycles. The fraction of sp³-hybridized carbons (Fsp3) is 0.304. The van der Waals surface area contributed by atoms with Crippen molar-refractivity contribution in [2.24, 2.45) is 5.73 Å². The highest BCUT2D eigenvalue weighted by atomic mass is 32.1. The molecule has 5 nitrogen and oxygen atoms in total. The van der Waals surface area contributed by atoms with Crippen LogP contribution in [-0.2, 0) is 6.54 Å². The summed E-state index contributed by atoms with van der Waals surface area (Å²) in [5, 5.41) is 0.950. The van der Waals surface area contributed by atoms with E-state index in [9.17, 15) is 8.78 Å². The van der Waals surface area contributed by atoms with Crippen LogP contribution in [0.25, 0.3) is 21.6 Å². The van der Waals surface area contributed by atoms with Crippen molar-refractivity contribution in [2.45, 2.75) is 32.1 Å². The number of nitrogens with zero attached hydrogens (tertiary/aromatic N) is 4. The number of piperidine rings is 1. The first-order valence-electron chi connectivity index (χ1n) is 10.3. The third kappa shape index (κ3) is 3.81. The number of thiazole rings is 1. The summed E-state index contributed by atoms with van der Waals surface area (Å²) in [5.74, 6) is 0.377. The van der Waals surface area contributed by atoms with Crippen molar-refractivity contribution in [2.75, 3.05) is 18.0 Å². The highest BCUT2D eigenvalue weighted by Crippen LogP contribution is 2.32. The van der Waals surface area contributed by atoms with E-state index in [2.05, 4.69) is 0 Å². The Morgan fingerprint density at radius 3 is 2.74 bits per heavy atom. The van der Waals surface area contributed by atoms with E-state index < -0.39 is 12.2 Å². The number of hydrogen-bond donors (Lipinski definition) is 1. The average Bonchev–Trinajstić information content (AvgIpc) is 3.31. The van der Waals surface area contributed by atoms with E-state index in [4.69, 9.17) is 15.7 Å². The third-order valence-corrected chi connectivity index (χ3v) is 6.95. The van der Waals surface area contributed by atoms with Crippen LogP contribution < -0.4 is 10.6 Å². The number of fused-ring (bicyclic) bond motifs is 1. The van der Waals surface area contributed by atoms with Crippen LogP contribution in [0.2, 0.25) is 0 Å². The van der Waals surface area contributed by atoms with Crippen molar-refractivity contribution in [3.63, 3.8) is 0 Å². The van der Waals surface area contributed by atoms with Gasteiger partial charge in [0, 0.05) is 23.5 Å². The van der Waals surface area contributed by atoms with Crippen LogP contribution >= 0.6 is 11.3 Å². The number of benzene rings is 2. The van der Waals surface area contributed by atoms with Crippen molar-refractivity contribution in [3.8, 4) is 10.6 Å². The predicted molar refractivity (Wildman–Crippen MR) is 121 cm³/mol. The maximum atomic E-state index is 14.1. The number of nitrogens with two attached hydrogens (primary N) is 1. The zero-order chi connectivity index (χ0) is 21.5. The minimum atomic E-state index is -1.01. The fourth-order valence-corrected chi connectivity index (χ4v) is 5.09. The highest BCUT2D eigenvalue weighted by molar-refractivity contribution is 7.15. The lowest BCUT2D eigenvalue weighted by Gasteiger charge is -2.34. The molecule has 2 aromatic carbocycles. The van der Waals surface area contributed by atoms with Crippen LogP contribution in [0.1, 0.15) is 17.0 Å². The Kier molecular flexibility index (Phi) is 5.19. The first kappa shape index (κ1) is 20.1. The summed E-state index contributed by atoms with van der Waals surface area (Å²) in [7, 11) is 0. The van der Waals surface area contributed by atoms with Crippen LogP contribution in [0, 0.1) is 12.7 Å². The maximum Gasteiger partial charge on any atom is 0.206 e. The molecule has 2 atom stereocenters. The van der Waals surface area contributed by atoms with Crippen molar-refractivity contribution < 1.29 is 8.78 Å². The highest BCUT2D eigenvalue weighted by Gasteiger charge is 2.29. The Morgan fingerprint density at radius 2 is 1.97 bits per heavy atom. The van der Waals surface area contributed by atoms with Gasteiger partial charge in [-0.1, -0.05) is 30.3 Å². The molecule has 1 aliphatic rings. The first-order valence-corrected chi connectivity index (χ1v) is 11.1. The number of hydrogen-bond acceptors (Lipinski definition) is 5. The molecule has 2 unspecified atom stereocenters. The van der Waals surface area contributed by atoms with Gasteiger partial charge in [-0.2, -0.15) is 0 Å². The van der Waals surface area contributed by atoms with Crippen LogP contribution in [0.4, 0.5) is 14.7 Å². The Bertz CT molecular complexity index is 1220. The van der Waals surface area contributed by atoms with Gasteiger partial charge >= 0.3 is 0 Å². The number of rotatable bonds is 4. The van der Waals surface area contributed by atoms with Crippen LogP contribution in [-0.4, -0.2) is 39.8 Å². The van der Waals surface area contributed by atoms with Gasteiger partial charge < -0.3 is 15.2 Å². The molecule has 2 N–H and O–H groups in total. The molecule has 2 aromatic heterocycles. The Labute approximate surface area is 183 Å². The second kappa shape index (κ2) is 8.01. The molecule has 8 heteroatoms. The molecule has 0 aliphatic carbocycles. The molecule has 0 saturated carbocycles. The molecular formula is C23H23F2N5S. The number of imidazole rings is 1. The SMILES string of the molecule is Cc1nc(-c2ccccc2)sc1Cn1c(N2CCC(F)C(N)C2)nc2ccc(F)cc21. The lowest BCUT2D eigenvalue weighted by atomic mass is 10.1. The molecule has 160 valence electrons. The summed E-state index contributed by atoms with van der Waals surface area (Å²) in [4.78, 5) is 12.6. The van der Waals surface area contributed by atoms with Gasteiger partial charge in [0.05, 0.1) is 29.3 Å². The molecule has 1 saturated heterocycles. The molecule has 1 fully saturated rings. The molecule has 31 heavy (non-hydrogen) atoms. The van der Waals surface area contributed by atoms with Gasteiger partial charge in [-0.05, 0) is 31.5 Å². The van der Waals surface area contributed by atoms with Crippen LogP contribution in [0.15, 0.2) is 48.5 Å². The summed E-state index contributed by atoms with van der Waals surface area (Å²) < 4.78 is 30.0. The van der Waals surface area contributed by atoms with E-state index in [0.29, 0.717) is 43.0 Å². The van der Waals surface area contributed by atoms with Gasteiger partial charge in [-0.3, -0.25) is 0 Å². The monoisotopic (exact) mass is 439 g/mol. The number of anilines is 1. The van der Waals surface area contributed by atoms with Gasteiger partial charge in [0.15, 0.2) is 0 Å². The minimum absolute atomic E-state index is 0.314. The van der Waals surface area contributed by atoms with Gasteiger partial charge in [0.2, 0.25) is 5.95 Å². The van der Waals surface area contributed by atoms with Crippen molar-refractivity contribution in [3.05, 3.63) is 64.9 Å². The predicted octanol–water partition coefficient (Wildman–Crippen LogP) is 4.53. The lowest BCUT2D eigenvalue weighted by molar-refractivity contribution is 0.243. The standard InChI is InChI=1S/C23H23F2N5S/c1-14-21(31-22(27-14)15-5-3-2-4-6-15)13-30-20-11-16(24)7-8-19(20)28-23(30)29-10-9-17(25)18(26)12-29/h2-8,11,17-18H,9-10,12-13,26H2,1H3. The van der Waals surface area contributed by atoms with E-state index in [-0.39, 0.29) is 5.82 Å². The van der Waals surface area contributed by atoms with Crippen molar-refractivity contribution in [1.82, 2.24) is 14.5 Å². The Morgan fingerprint density at radius 1 is 1.16 bits per heavy atom. The number of halogens is 2. The van der Waals surface area contributed by atoms with E-state index >= 15 is 0 Å². The fourth-order valence-electron chi connectivity index (χ4n) is 4.04. The van der Waals surface area contributed by atoms with Crippen molar-refractivity contribution in [1.29, 1.82) is 0 Å². The molecule has 4 aromatic rings. The minimum Gasteiger partial charge on any atom is -0.340 e. The molecule has 0 spiro atoms. The van der Waals surface area contributed by atoms with E-state index in [1.54, 1.807) is 17.4 Å². The third-order valence-electron chi connectivity index (χ3n) is 5.76. The summed E-state index contributed by atoms with van der Waals surface area (Å²) in [6.07, 6.45) is -0.653. The molecule has 5 rings (SSSR count). The second-order valence-corrected chi connectivity index (χ2v) is 9.02. The van der Waals surface area contributed by atoms with Crippen LogP contribution in [0.3, 0.4) is 0 Å². The Hall–Kier alpha value is -2.84. The van der Waals surface area contributed by atoms with E-state index in [1.807, 2.05) is 46.7 Å². The smallest absolute Gasteiger partial charge is 0.206 e. The van der Waals surface area contributed by atoms with E-state index in [1.165, 1.54) is 12.1 Å². The summed E-state index contributed by atoms with van der Waals surface area (Å²) in [6.45, 7) is 3.40. The molecular weight excluding hydrogens is 416 g/mol. The molecule has 0 amide bonds. The Balaban J connectivity index is 1.56. The summed E-state index contributed by atoms with van der Waals surface area (Å²) in [6, 6.07) is 14.1. The average molecular weight is 440 g/mol. The summed E-state index contributed by atoms with van der Waals surface area (Å²) >= 11 is 1.62. The zero-order valence-electron chi connectivity index (χ0n) is 17.1. The zero-order valence-corrected chi connectivity index (χ0v) is 17.9. The van der Waals surface area contributed by atoms with Gasteiger partial charge in [0.1, 0.15) is 17.0 Å². The van der Waals surface area contributed by atoms with Crippen molar-refractivity contribution >= 4 is 28.3 Å². The lowest BCUT2D eigenvalue weighted by Crippen LogP contribution is -2.50. The number of aryl methyl sites for hydroxylation is 1. The van der Waals surface area contributed by atoms with E-state index in [0.717, 1.165) is 21.1 Å². The van der Waals surface area contributed by atoms with Gasteiger partial charge in [-0.15, -0.1) is 11.3 Å². The molecule has 0 radical (unpaired) electrons. The van der Waals surface area contributed by atoms with Gasteiger partial charge in [0.25, 0.3) is 0 Å². The van der Waals surface area contributed by atoms with Crippen LogP contribution in [0.5, 0.6) is 0 Å². The maximum absolute atomic E-state index is 14.1.